The summed E-state index contributed by atoms with van der Waals surface area (Å²) in [4.78, 5) is 16.8. The second kappa shape index (κ2) is 5.11. The Morgan fingerprint density at radius 1 is 1.17 bits per heavy atom. The summed E-state index contributed by atoms with van der Waals surface area (Å²) < 4.78 is 1.66. The van der Waals surface area contributed by atoms with Gasteiger partial charge in [0.1, 0.15) is 10.6 Å². The third-order valence-corrected chi connectivity index (χ3v) is 4.92. The highest BCUT2D eigenvalue weighted by atomic mass is 35.5. The van der Waals surface area contributed by atoms with E-state index in [0.717, 1.165) is 16.4 Å². The van der Waals surface area contributed by atoms with E-state index in [1.165, 1.54) is 11.3 Å². The highest BCUT2D eigenvalue weighted by Crippen LogP contribution is 2.44. The number of nitrogens with zero attached hydrogens (tertiary/aromatic N) is 4. The minimum Gasteiger partial charge on any atom is -0.326 e. The third-order valence-electron chi connectivity index (χ3n) is 3.83. The van der Waals surface area contributed by atoms with Gasteiger partial charge in [-0.05, 0) is 35.7 Å². The number of hydrogen-bond acceptors (Lipinski definition) is 4. The Morgan fingerprint density at radius 3 is 2.74 bits per heavy atom. The van der Waals surface area contributed by atoms with Gasteiger partial charge in [-0.15, -0.1) is 11.3 Å². The van der Waals surface area contributed by atoms with Gasteiger partial charge in [0.05, 0.1) is 11.4 Å². The highest BCUT2D eigenvalue weighted by molar-refractivity contribution is 7.14. The van der Waals surface area contributed by atoms with Gasteiger partial charge in [-0.1, -0.05) is 11.6 Å². The first-order chi connectivity index (χ1) is 11.1. The molecule has 0 bridgehead atoms. The van der Waals surface area contributed by atoms with Crippen molar-refractivity contribution < 1.29 is 4.79 Å². The normalized spacial score (nSPS) is 13.8. The Kier molecular flexibility index (Phi) is 3.18. The fourth-order valence-electron chi connectivity index (χ4n) is 2.79. The van der Waals surface area contributed by atoms with E-state index in [2.05, 4.69) is 5.10 Å². The molecule has 5 nitrogen and oxygen atoms in total. The number of aromatic nitrogens is 2. The summed E-state index contributed by atoms with van der Waals surface area (Å²) in [6, 6.07) is 9.40. The zero-order valence-corrected chi connectivity index (χ0v) is 14.1. The van der Waals surface area contributed by atoms with Crippen molar-refractivity contribution in [3.8, 4) is 0 Å². The van der Waals surface area contributed by atoms with E-state index in [1.54, 1.807) is 15.8 Å². The van der Waals surface area contributed by atoms with Gasteiger partial charge in [0.25, 0.3) is 5.91 Å². The van der Waals surface area contributed by atoms with Crippen LogP contribution in [-0.4, -0.2) is 22.7 Å². The second-order valence-corrected chi connectivity index (χ2v) is 6.69. The van der Waals surface area contributed by atoms with E-state index in [4.69, 9.17) is 11.6 Å². The van der Waals surface area contributed by atoms with Crippen LogP contribution in [0.4, 0.5) is 22.2 Å². The predicted molar refractivity (Wildman–Crippen MR) is 93.5 cm³/mol. The Morgan fingerprint density at radius 2 is 2.00 bits per heavy atom. The Hall–Kier alpha value is -2.31. The molecule has 0 atom stereocenters. The highest BCUT2D eigenvalue weighted by Gasteiger charge is 2.33. The lowest BCUT2D eigenvalue weighted by Crippen LogP contribution is -2.24. The molecule has 23 heavy (non-hydrogen) atoms. The van der Waals surface area contributed by atoms with Crippen LogP contribution in [0.1, 0.15) is 10.4 Å². The maximum atomic E-state index is 13.2. The molecule has 0 saturated carbocycles. The van der Waals surface area contributed by atoms with E-state index >= 15 is 0 Å². The fourth-order valence-corrected chi connectivity index (χ4v) is 3.70. The number of thiophene rings is 1. The molecule has 0 radical (unpaired) electrons. The van der Waals surface area contributed by atoms with Gasteiger partial charge in [-0.3, -0.25) is 14.4 Å². The molecular formula is C16H13ClN4OS. The van der Waals surface area contributed by atoms with Crippen LogP contribution in [0, 0.1) is 0 Å². The van der Waals surface area contributed by atoms with Crippen molar-refractivity contribution in [1.82, 2.24) is 9.78 Å². The zero-order chi connectivity index (χ0) is 16.1. The van der Waals surface area contributed by atoms with Crippen molar-refractivity contribution in [1.29, 1.82) is 0 Å². The van der Waals surface area contributed by atoms with Crippen molar-refractivity contribution >= 4 is 51.0 Å². The number of carbonyl (C=O) groups excluding carboxylic acids is 1. The Bertz CT molecular complexity index is 903. The first kappa shape index (κ1) is 14.3. The van der Waals surface area contributed by atoms with Crippen LogP contribution in [0.15, 0.2) is 41.9 Å². The topological polar surface area (TPSA) is 41.4 Å². The average Bonchev–Trinajstić information content (AvgIpc) is 3.15. The van der Waals surface area contributed by atoms with Gasteiger partial charge in [-0.2, -0.15) is 5.10 Å². The number of aryl methyl sites for hydroxylation is 1. The molecule has 2 aromatic heterocycles. The smallest absolute Gasteiger partial charge is 0.268 e. The van der Waals surface area contributed by atoms with E-state index in [0.29, 0.717) is 16.4 Å². The predicted octanol–water partition coefficient (Wildman–Crippen LogP) is 4.19. The molecule has 0 aliphatic carbocycles. The summed E-state index contributed by atoms with van der Waals surface area (Å²) in [6.45, 7) is 0. The molecule has 0 unspecified atom stereocenters. The standard InChI is InChI=1S/C16H13ClN4OS/c1-19-9-11-15(18-19)20(2)12-6-5-10(17)8-13(12)21(16(11)22)14-4-3-7-23-14/h3-9H,1-2H3. The molecule has 3 aromatic rings. The molecule has 1 aliphatic rings. The van der Waals surface area contributed by atoms with E-state index in [9.17, 15) is 4.79 Å². The number of fused-ring (bicyclic) bond motifs is 2. The molecule has 0 N–H and O–H groups in total. The van der Waals surface area contributed by atoms with E-state index < -0.39 is 0 Å². The molecule has 1 aliphatic heterocycles. The van der Waals surface area contributed by atoms with Crippen LogP contribution < -0.4 is 9.80 Å². The molecule has 0 spiro atoms. The monoisotopic (exact) mass is 344 g/mol. The zero-order valence-electron chi connectivity index (χ0n) is 12.5. The SMILES string of the molecule is CN1c2ccc(Cl)cc2N(c2cccs2)C(=O)c2cn(C)nc21. The molecule has 3 heterocycles. The lowest BCUT2D eigenvalue weighted by atomic mass is 10.2. The molecule has 0 fully saturated rings. The van der Waals surface area contributed by atoms with Crippen molar-refractivity contribution in [2.75, 3.05) is 16.8 Å². The molecule has 1 amide bonds. The molecule has 4 rings (SSSR count). The average molecular weight is 345 g/mol. The van der Waals surface area contributed by atoms with Crippen LogP contribution in [0.25, 0.3) is 0 Å². The Balaban J connectivity index is 2.04. The van der Waals surface area contributed by atoms with Crippen LogP contribution in [0.3, 0.4) is 0 Å². The van der Waals surface area contributed by atoms with Gasteiger partial charge >= 0.3 is 0 Å². The molecule has 1 aromatic carbocycles. The summed E-state index contributed by atoms with van der Waals surface area (Å²) in [5.41, 5.74) is 2.21. The first-order valence-corrected chi connectivity index (χ1v) is 8.27. The van der Waals surface area contributed by atoms with Crippen molar-refractivity contribution in [3.63, 3.8) is 0 Å². The maximum absolute atomic E-state index is 13.2. The Labute approximate surface area is 142 Å². The molecular weight excluding hydrogens is 332 g/mol. The number of hydrogen-bond donors (Lipinski definition) is 0. The number of rotatable bonds is 1. The van der Waals surface area contributed by atoms with Crippen LogP contribution in [-0.2, 0) is 7.05 Å². The third kappa shape index (κ3) is 2.14. The van der Waals surface area contributed by atoms with Crippen molar-refractivity contribution in [2.24, 2.45) is 7.05 Å². The first-order valence-electron chi connectivity index (χ1n) is 7.01. The second-order valence-electron chi connectivity index (χ2n) is 5.32. The number of amides is 1. The van der Waals surface area contributed by atoms with Crippen LogP contribution in [0.2, 0.25) is 5.02 Å². The lowest BCUT2D eigenvalue weighted by molar-refractivity contribution is 0.100. The van der Waals surface area contributed by atoms with Gasteiger partial charge in [-0.25, -0.2) is 0 Å². The fraction of sp³-hybridized carbons (Fsp3) is 0.125. The number of anilines is 4. The van der Waals surface area contributed by atoms with Crippen molar-refractivity contribution in [3.05, 3.63) is 52.5 Å². The largest absolute Gasteiger partial charge is 0.326 e. The number of benzene rings is 1. The van der Waals surface area contributed by atoms with Gasteiger partial charge in [0.2, 0.25) is 0 Å². The summed E-state index contributed by atoms with van der Waals surface area (Å²) in [5.74, 6) is 0.531. The minimum atomic E-state index is -0.108. The minimum absolute atomic E-state index is 0.108. The van der Waals surface area contributed by atoms with Gasteiger partial charge < -0.3 is 4.90 Å². The lowest BCUT2D eigenvalue weighted by Gasteiger charge is -2.23. The molecule has 116 valence electrons. The molecule has 7 heteroatoms. The summed E-state index contributed by atoms with van der Waals surface area (Å²) in [6.07, 6.45) is 1.75. The number of halogens is 1. The summed E-state index contributed by atoms with van der Waals surface area (Å²) in [5, 5.41) is 7.84. The maximum Gasteiger partial charge on any atom is 0.268 e. The summed E-state index contributed by atoms with van der Waals surface area (Å²) in [7, 11) is 3.72. The number of carbonyl (C=O) groups is 1. The van der Waals surface area contributed by atoms with E-state index in [1.807, 2.05) is 54.7 Å². The van der Waals surface area contributed by atoms with E-state index in [-0.39, 0.29) is 5.91 Å². The van der Waals surface area contributed by atoms with Crippen LogP contribution in [0.5, 0.6) is 0 Å². The van der Waals surface area contributed by atoms with Crippen LogP contribution >= 0.6 is 22.9 Å². The van der Waals surface area contributed by atoms with Gasteiger partial charge in [0.15, 0.2) is 5.82 Å². The van der Waals surface area contributed by atoms with Gasteiger partial charge in [0, 0.05) is 25.3 Å². The summed E-state index contributed by atoms with van der Waals surface area (Å²) >= 11 is 7.70. The van der Waals surface area contributed by atoms with Crippen molar-refractivity contribution in [2.45, 2.75) is 0 Å². The molecule has 0 saturated heterocycles. The quantitative estimate of drug-likeness (QED) is 0.664.